The number of hydrogen-bond donors (Lipinski definition) is 2. The molecule has 1 fully saturated rings. The molecule has 0 saturated heterocycles. The summed E-state index contributed by atoms with van der Waals surface area (Å²) in [6.45, 7) is 0. The van der Waals surface area contributed by atoms with E-state index in [4.69, 9.17) is 9.47 Å². The first-order chi connectivity index (χ1) is 16.4. The molecule has 1 aromatic heterocycles. The van der Waals surface area contributed by atoms with E-state index in [0.29, 0.717) is 22.7 Å². The Morgan fingerprint density at radius 3 is 2.32 bits per heavy atom. The number of amides is 1. The standard InChI is InChI=1S/C24H25N3O5S2/c1-31-21-12-11-20(14-22(21)32-2)34(29,30)27-18-7-9-19(10-8-18)33-23-13-6-16(15-25-23)24(28)26-17-4-3-5-17/h6-15,17,27H,3-5H2,1-2H3,(H,26,28). The van der Waals surface area contributed by atoms with Gasteiger partial charge in [-0.05, 0) is 67.8 Å². The van der Waals surface area contributed by atoms with E-state index >= 15 is 0 Å². The Bertz CT molecular complexity index is 1260. The molecule has 0 atom stereocenters. The van der Waals surface area contributed by atoms with Gasteiger partial charge in [0.1, 0.15) is 5.03 Å². The molecule has 2 aromatic carbocycles. The van der Waals surface area contributed by atoms with Crippen LogP contribution in [0.1, 0.15) is 29.6 Å². The fourth-order valence-corrected chi connectivity index (χ4v) is 5.13. The SMILES string of the molecule is COc1ccc(S(=O)(=O)Nc2ccc(Sc3ccc(C(=O)NC4CCC4)cn3)cc2)cc1OC. The van der Waals surface area contributed by atoms with E-state index in [2.05, 4.69) is 15.0 Å². The lowest BCUT2D eigenvalue weighted by Crippen LogP contribution is -2.39. The summed E-state index contributed by atoms with van der Waals surface area (Å²) in [7, 11) is -0.869. The van der Waals surface area contributed by atoms with Gasteiger partial charge in [-0.1, -0.05) is 11.8 Å². The van der Waals surface area contributed by atoms with Crippen LogP contribution >= 0.6 is 11.8 Å². The zero-order valence-corrected chi connectivity index (χ0v) is 20.4. The molecule has 0 spiro atoms. The number of pyridine rings is 1. The minimum Gasteiger partial charge on any atom is -0.493 e. The van der Waals surface area contributed by atoms with Crippen LogP contribution in [0.25, 0.3) is 0 Å². The highest BCUT2D eigenvalue weighted by atomic mass is 32.2. The quantitative estimate of drug-likeness (QED) is 0.451. The van der Waals surface area contributed by atoms with Crippen LogP contribution in [-0.4, -0.2) is 39.6 Å². The van der Waals surface area contributed by atoms with Crippen molar-refractivity contribution in [2.75, 3.05) is 18.9 Å². The number of aromatic nitrogens is 1. The maximum atomic E-state index is 12.8. The number of anilines is 1. The van der Waals surface area contributed by atoms with Crippen LogP contribution < -0.4 is 19.5 Å². The molecule has 2 N–H and O–H groups in total. The minimum absolute atomic E-state index is 0.0641. The van der Waals surface area contributed by atoms with Crippen LogP contribution in [-0.2, 0) is 10.0 Å². The number of hydrogen-bond acceptors (Lipinski definition) is 7. The third-order valence-electron chi connectivity index (χ3n) is 5.43. The maximum absolute atomic E-state index is 12.8. The monoisotopic (exact) mass is 499 g/mol. The minimum atomic E-state index is -3.80. The van der Waals surface area contributed by atoms with Gasteiger partial charge >= 0.3 is 0 Å². The average molecular weight is 500 g/mol. The van der Waals surface area contributed by atoms with Gasteiger partial charge < -0.3 is 14.8 Å². The summed E-state index contributed by atoms with van der Waals surface area (Å²) in [5.41, 5.74) is 0.964. The van der Waals surface area contributed by atoms with Crippen molar-refractivity contribution in [3.63, 3.8) is 0 Å². The summed E-state index contributed by atoms with van der Waals surface area (Å²) in [5, 5.41) is 3.73. The summed E-state index contributed by atoms with van der Waals surface area (Å²) < 4.78 is 38.4. The Labute approximate surface area is 203 Å². The molecule has 4 rings (SSSR count). The van der Waals surface area contributed by atoms with Crippen LogP contribution in [0.15, 0.2) is 75.6 Å². The smallest absolute Gasteiger partial charge is 0.262 e. The summed E-state index contributed by atoms with van der Waals surface area (Å²) >= 11 is 1.42. The van der Waals surface area contributed by atoms with Gasteiger partial charge in [0.15, 0.2) is 11.5 Å². The highest BCUT2D eigenvalue weighted by Crippen LogP contribution is 2.31. The van der Waals surface area contributed by atoms with E-state index < -0.39 is 10.0 Å². The number of nitrogens with one attached hydrogen (secondary N) is 2. The Hall–Kier alpha value is -3.24. The first-order valence-corrected chi connectivity index (χ1v) is 13.0. The van der Waals surface area contributed by atoms with Gasteiger partial charge in [-0.2, -0.15) is 0 Å². The molecular weight excluding hydrogens is 474 g/mol. The second kappa shape index (κ2) is 10.4. The Morgan fingerprint density at radius 2 is 1.74 bits per heavy atom. The molecule has 1 aliphatic carbocycles. The summed E-state index contributed by atoms with van der Waals surface area (Å²) in [5.74, 6) is 0.680. The number of sulfonamides is 1. The van der Waals surface area contributed by atoms with Crippen molar-refractivity contribution in [2.24, 2.45) is 0 Å². The van der Waals surface area contributed by atoms with Gasteiger partial charge in [-0.3, -0.25) is 9.52 Å². The fourth-order valence-electron chi connectivity index (χ4n) is 3.31. The first-order valence-electron chi connectivity index (χ1n) is 10.7. The highest BCUT2D eigenvalue weighted by Gasteiger charge is 2.20. The largest absolute Gasteiger partial charge is 0.493 e. The number of carbonyl (C=O) groups is 1. The van der Waals surface area contributed by atoms with Crippen LogP contribution in [0.3, 0.4) is 0 Å². The van der Waals surface area contributed by atoms with Crippen molar-refractivity contribution in [1.29, 1.82) is 0 Å². The molecular formula is C24H25N3O5S2. The van der Waals surface area contributed by atoms with Gasteiger partial charge in [0, 0.05) is 28.9 Å². The Balaban J connectivity index is 1.38. The van der Waals surface area contributed by atoms with Crippen molar-refractivity contribution in [2.45, 2.75) is 40.1 Å². The van der Waals surface area contributed by atoms with Gasteiger partial charge in [0.25, 0.3) is 15.9 Å². The number of methoxy groups -OCH3 is 2. The molecule has 0 radical (unpaired) electrons. The second-order valence-corrected chi connectivity index (χ2v) is 10.5. The number of nitrogens with zero attached hydrogens (tertiary/aromatic N) is 1. The van der Waals surface area contributed by atoms with E-state index in [1.165, 1.54) is 38.1 Å². The van der Waals surface area contributed by atoms with Gasteiger partial charge in [-0.25, -0.2) is 13.4 Å². The van der Waals surface area contributed by atoms with Crippen molar-refractivity contribution in [3.8, 4) is 11.5 Å². The molecule has 34 heavy (non-hydrogen) atoms. The normalized spacial score (nSPS) is 13.6. The Morgan fingerprint density at radius 1 is 1.00 bits per heavy atom. The molecule has 0 unspecified atom stereocenters. The molecule has 1 saturated carbocycles. The third-order valence-corrected chi connectivity index (χ3v) is 7.77. The predicted molar refractivity (Wildman–Crippen MR) is 130 cm³/mol. The molecule has 8 nitrogen and oxygen atoms in total. The highest BCUT2D eigenvalue weighted by molar-refractivity contribution is 7.99. The molecule has 1 aliphatic rings. The topological polar surface area (TPSA) is 107 Å². The van der Waals surface area contributed by atoms with Crippen molar-refractivity contribution >= 4 is 33.4 Å². The van der Waals surface area contributed by atoms with E-state index in [9.17, 15) is 13.2 Å². The molecule has 1 heterocycles. The van der Waals surface area contributed by atoms with Crippen molar-refractivity contribution < 1.29 is 22.7 Å². The van der Waals surface area contributed by atoms with Crippen molar-refractivity contribution in [1.82, 2.24) is 10.3 Å². The molecule has 10 heteroatoms. The van der Waals surface area contributed by atoms with Gasteiger partial charge in [0.05, 0.1) is 24.7 Å². The van der Waals surface area contributed by atoms with E-state index in [-0.39, 0.29) is 16.8 Å². The summed E-state index contributed by atoms with van der Waals surface area (Å²) in [6.07, 6.45) is 4.80. The summed E-state index contributed by atoms with van der Waals surface area (Å²) in [4.78, 5) is 17.5. The number of rotatable bonds is 9. The molecule has 1 amide bonds. The van der Waals surface area contributed by atoms with Crippen molar-refractivity contribution in [3.05, 3.63) is 66.4 Å². The predicted octanol–water partition coefficient (Wildman–Crippen LogP) is 4.33. The van der Waals surface area contributed by atoms with Crippen LogP contribution in [0.5, 0.6) is 11.5 Å². The zero-order valence-electron chi connectivity index (χ0n) is 18.8. The van der Waals surface area contributed by atoms with Gasteiger partial charge in [0.2, 0.25) is 0 Å². The lowest BCUT2D eigenvalue weighted by molar-refractivity contribution is 0.0916. The van der Waals surface area contributed by atoms with E-state index in [1.54, 1.807) is 48.7 Å². The summed E-state index contributed by atoms with van der Waals surface area (Å²) in [6, 6.07) is 15.2. The van der Waals surface area contributed by atoms with Gasteiger partial charge in [-0.15, -0.1) is 0 Å². The fraction of sp³-hybridized carbons (Fsp3) is 0.250. The third kappa shape index (κ3) is 5.63. The van der Waals surface area contributed by atoms with E-state index in [1.807, 2.05) is 0 Å². The lowest BCUT2D eigenvalue weighted by Gasteiger charge is -2.26. The molecule has 3 aromatic rings. The number of benzene rings is 2. The molecule has 0 aliphatic heterocycles. The maximum Gasteiger partial charge on any atom is 0.262 e. The second-order valence-electron chi connectivity index (χ2n) is 7.74. The molecule has 178 valence electrons. The Kier molecular flexibility index (Phi) is 7.28. The van der Waals surface area contributed by atoms with E-state index in [0.717, 1.165) is 29.2 Å². The van der Waals surface area contributed by atoms with Crippen LogP contribution in [0.2, 0.25) is 0 Å². The lowest BCUT2D eigenvalue weighted by atomic mass is 9.93. The average Bonchev–Trinajstić information content (AvgIpc) is 2.82. The first kappa shape index (κ1) is 23.9. The number of carbonyl (C=O) groups excluding carboxylic acids is 1. The number of ether oxygens (including phenoxy) is 2. The van der Waals surface area contributed by atoms with Crippen LogP contribution in [0.4, 0.5) is 5.69 Å². The zero-order chi connectivity index (χ0) is 24.1. The van der Waals surface area contributed by atoms with Crippen LogP contribution in [0, 0.1) is 0 Å². The molecule has 0 bridgehead atoms.